The quantitative estimate of drug-likeness (QED) is 0.781. The van der Waals surface area contributed by atoms with Crippen LogP contribution in [0.2, 0.25) is 0 Å². The number of nitrogens with one attached hydrogen (secondary N) is 1. The van der Waals surface area contributed by atoms with E-state index in [0.717, 1.165) is 29.9 Å². The highest BCUT2D eigenvalue weighted by atomic mass is 15.3. The zero-order valence-corrected chi connectivity index (χ0v) is 12.5. The van der Waals surface area contributed by atoms with Crippen molar-refractivity contribution >= 4 is 10.9 Å². The Morgan fingerprint density at radius 2 is 1.95 bits per heavy atom. The maximum Gasteiger partial charge on any atom is 0.0876 e. The first kappa shape index (κ1) is 13.8. The normalized spacial score (nSPS) is 12.7. The number of para-hydroxylation sites is 1. The molecule has 1 N–H and O–H groups in total. The van der Waals surface area contributed by atoms with Gasteiger partial charge in [-0.15, -0.1) is 0 Å². The molecule has 0 saturated carbocycles. The van der Waals surface area contributed by atoms with Crippen molar-refractivity contribution in [2.24, 2.45) is 7.05 Å². The minimum absolute atomic E-state index is 0.177. The summed E-state index contributed by atoms with van der Waals surface area (Å²) in [6.07, 6.45) is 2.69. The number of benzene rings is 1. The molecular formula is C17H20N4. The van der Waals surface area contributed by atoms with Crippen LogP contribution in [-0.2, 0) is 13.5 Å². The Kier molecular flexibility index (Phi) is 3.97. The van der Waals surface area contributed by atoms with E-state index in [9.17, 15) is 0 Å². The Bertz CT molecular complexity index is 718. The van der Waals surface area contributed by atoms with Crippen molar-refractivity contribution in [2.75, 3.05) is 6.54 Å². The lowest BCUT2D eigenvalue weighted by molar-refractivity contribution is 0.526. The third-order valence-electron chi connectivity index (χ3n) is 3.71. The van der Waals surface area contributed by atoms with Crippen LogP contribution in [0, 0.1) is 0 Å². The van der Waals surface area contributed by atoms with Crippen LogP contribution >= 0.6 is 0 Å². The largest absolute Gasteiger partial charge is 0.309 e. The highest BCUT2D eigenvalue weighted by molar-refractivity contribution is 5.82. The third kappa shape index (κ3) is 2.81. The molecule has 108 valence electrons. The second-order valence-electron chi connectivity index (χ2n) is 5.16. The average molecular weight is 280 g/mol. The van der Waals surface area contributed by atoms with Gasteiger partial charge in [0.25, 0.3) is 0 Å². The van der Waals surface area contributed by atoms with Gasteiger partial charge in [0.1, 0.15) is 0 Å². The lowest BCUT2D eigenvalue weighted by atomic mass is 10.0. The number of hydrogen-bond donors (Lipinski definition) is 1. The predicted molar refractivity (Wildman–Crippen MR) is 85.1 cm³/mol. The van der Waals surface area contributed by atoms with Crippen molar-refractivity contribution < 1.29 is 0 Å². The molecule has 4 heteroatoms. The van der Waals surface area contributed by atoms with Crippen LogP contribution in [0.4, 0.5) is 0 Å². The van der Waals surface area contributed by atoms with Crippen molar-refractivity contribution in [2.45, 2.75) is 19.4 Å². The van der Waals surface area contributed by atoms with Gasteiger partial charge in [-0.2, -0.15) is 5.10 Å². The molecular weight excluding hydrogens is 260 g/mol. The van der Waals surface area contributed by atoms with E-state index < -0.39 is 0 Å². The number of aromatic nitrogens is 3. The van der Waals surface area contributed by atoms with E-state index in [1.165, 1.54) is 5.39 Å². The van der Waals surface area contributed by atoms with Gasteiger partial charge in [-0.05, 0) is 24.7 Å². The summed E-state index contributed by atoms with van der Waals surface area (Å²) in [7, 11) is 2.00. The fourth-order valence-corrected chi connectivity index (χ4v) is 2.74. The molecule has 2 aromatic heterocycles. The molecule has 1 atom stereocenters. The maximum atomic E-state index is 4.73. The maximum absolute atomic E-state index is 4.73. The summed E-state index contributed by atoms with van der Waals surface area (Å²) in [6, 6.07) is 14.6. The van der Waals surface area contributed by atoms with Crippen molar-refractivity contribution in [1.29, 1.82) is 0 Å². The van der Waals surface area contributed by atoms with E-state index in [0.29, 0.717) is 0 Å². The standard InChI is InChI=1S/C17H20N4/c1-3-18-15(12-13-8-6-7-11-19-13)17-14-9-4-5-10-16(14)21(2)20-17/h4-11,15,18H,3,12H2,1-2H3. The first-order valence-corrected chi connectivity index (χ1v) is 7.34. The molecule has 0 bridgehead atoms. The molecule has 0 aliphatic carbocycles. The van der Waals surface area contributed by atoms with Crippen LogP contribution in [-0.4, -0.2) is 21.3 Å². The molecule has 3 rings (SSSR count). The van der Waals surface area contributed by atoms with Crippen LogP contribution in [0.25, 0.3) is 10.9 Å². The smallest absolute Gasteiger partial charge is 0.0876 e. The second kappa shape index (κ2) is 6.06. The van der Waals surface area contributed by atoms with Crippen LogP contribution in [0.3, 0.4) is 0 Å². The zero-order chi connectivity index (χ0) is 14.7. The van der Waals surface area contributed by atoms with Gasteiger partial charge in [-0.3, -0.25) is 9.67 Å². The molecule has 1 unspecified atom stereocenters. The molecule has 21 heavy (non-hydrogen) atoms. The van der Waals surface area contributed by atoms with Crippen LogP contribution < -0.4 is 5.32 Å². The molecule has 0 spiro atoms. The summed E-state index contributed by atoms with van der Waals surface area (Å²) >= 11 is 0. The van der Waals surface area contributed by atoms with Gasteiger partial charge in [0.2, 0.25) is 0 Å². The third-order valence-corrected chi connectivity index (χ3v) is 3.71. The number of rotatable bonds is 5. The Morgan fingerprint density at radius 3 is 2.71 bits per heavy atom. The number of fused-ring (bicyclic) bond motifs is 1. The van der Waals surface area contributed by atoms with E-state index in [-0.39, 0.29) is 6.04 Å². The summed E-state index contributed by atoms with van der Waals surface area (Å²) < 4.78 is 1.95. The minimum atomic E-state index is 0.177. The molecule has 3 aromatic rings. The summed E-state index contributed by atoms with van der Waals surface area (Å²) in [5, 5.41) is 9.48. The zero-order valence-electron chi connectivity index (χ0n) is 12.5. The van der Waals surface area contributed by atoms with E-state index >= 15 is 0 Å². The number of likely N-dealkylation sites (N-methyl/N-ethyl adjacent to an activating group) is 1. The van der Waals surface area contributed by atoms with Crippen molar-refractivity contribution in [3.05, 3.63) is 60.0 Å². The lowest BCUT2D eigenvalue weighted by Gasteiger charge is -2.15. The molecule has 0 fully saturated rings. The monoisotopic (exact) mass is 280 g/mol. The van der Waals surface area contributed by atoms with Gasteiger partial charge < -0.3 is 5.32 Å². The Balaban J connectivity index is 1.99. The minimum Gasteiger partial charge on any atom is -0.309 e. The van der Waals surface area contributed by atoms with Crippen LogP contribution in [0.5, 0.6) is 0 Å². The van der Waals surface area contributed by atoms with Gasteiger partial charge in [-0.1, -0.05) is 31.2 Å². The number of hydrogen-bond acceptors (Lipinski definition) is 3. The number of pyridine rings is 1. The van der Waals surface area contributed by atoms with E-state index in [1.807, 2.05) is 30.1 Å². The van der Waals surface area contributed by atoms with Crippen molar-refractivity contribution in [3.63, 3.8) is 0 Å². The molecule has 0 radical (unpaired) electrons. The van der Waals surface area contributed by atoms with Gasteiger partial charge in [0.05, 0.1) is 17.3 Å². The number of aryl methyl sites for hydroxylation is 1. The second-order valence-corrected chi connectivity index (χ2v) is 5.16. The van der Waals surface area contributed by atoms with Gasteiger partial charge in [0.15, 0.2) is 0 Å². The first-order chi connectivity index (χ1) is 10.3. The lowest BCUT2D eigenvalue weighted by Crippen LogP contribution is -2.24. The molecule has 0 amide bonds. The summed E-state index contributed by atoms with van der Waals surface area (Å²) in [5.74, 6) is 0. The van der Waals surface area contributed by atoms with Gasteiger partial charge in [-0.25, -0.2) is 0 Å². The molecule has 0 saturated heterocycles. The highest BCUT2D eigenvalue weighted by Crippen LogP contribution is 2.25. The SMILES string of the molecule is CCNC(Cc1ccccn1)c1nn(C)c2ccccc12. The fraction of sp³-hybridized carbons (Fsp3) is 0.294. The first-order valence-electron chi connectivity index (χ1n) is 7.34. The highest BCUT2D eigenvalue weighted by Gasteiger charge is 2.18. The summed E-state index contributed by atoms with van der Waals surface area (Å²) in [4.78, 5) is 4.44. The molecule has 2 heterocycles. The molecule has 4 nitrogen and oxygen atoms in total. The molecule has 0 aliphatic heterocycles. The van der Waals surface area contributed by atoms with Crippen LogP contribution in [0.1, 0.15) is 24.4 Å². The Hall–Kier alpha value is -2.20. The van der Waals surface area contributed by atoms with E-state index in [1.54, 1.807) is 0 Å². The fourth-order valence-electron chi connectivity index (χ4n) is 2.74. The molecule has 1 aromatic carbocycles. The summed E-state index contributed by atoms with van der Waals surface area (Å²) in [6.45, 7) is 3.03. The Morgan fingerprint density at radius 1 is 1.14 bits per heavy atom. The Labute approximate surface area is 124 Å². The molecule has 0 aliphatic rings. The average Bonchev–Trinajstić information content (AvgIpc) is 2.86. The summed E-state index contributed by atoms with van der Waals surface area (Å²) in [5.41, 5.74) is 3.34. The van der Waals surface area contributed by atoms with Gasteiger partial charge in [0, 0.05) is 30.7 Å². The van der Waals surface area contributed by atoms with Crippen molar-refractivity contribution in [3.8, 4) is 0 Å². The van der Waals surface area contributed by atoms with Crippen molar-refractivity contribution in [1.82, 2.24) is 20.1 Å². The van der Waals surface area contributed by atoms with E-state index in [4.69, 9.17) is 5.10 Å². The van der Waals surface area contributed by atoms with Crippen LogP contribution in [0.15, 0.2) is 48.7 Å². The van der Waals surface area contributed by atoms with Gasteiger partial charge >= 0.3 is 0 Å². The topological polar surface area (TPSA) is 42.7 Å². The predicted octanol–water partition coefficient (Wildman–Crippen LogP) is 2.86. The number of nitrogens with zero attached hydrogens (tertiary/aromatic N) is 3. The van der Waals surface area contributed by atoms with E-state index in [2.05, 4.69) is 47.6 Å².